The Morgan fingerprint density at radius 3 is 2.46 bits per heavy atom. The Balaban J connectivity index is 1.73. The number of benzene rings is 2. The third-order valence-electron chi connectivity index (χ3n) is 3.19. The van der Waals surface area contributed by atoms with Gasteiger partial charge in [0.2, 0.25) is 5.91 Å². The van der Waals surface area contributed by atoms with Gasteiger partial charge in [0.15, 0.2) is 0 Å². The molecule has 0 aromatic heterocycles. The van der Waals surface area contributed by atoms with E-state index in [0.29, 0.717) is 24.7 Å². The summed E-state index contributed by atoms with van der Waals surface area (Å²) in [5.74, 6) is -1.92. The van der Waals surface area contributed by atoms with Crippen molar-refractivity contribution >= 4 is 23.0 Å². The van der Waals surface area contributed by atoms with Crippen LogP contribution in [0.3, 0.4) is 0 Å². The van der Waals surface area contributed by atoms with Gasteiger partial charge in [-0.25, -0.2) is 8.78 Å². The summed E-state index contributed by atoms with van der Waals surface area (Å²) in [5.41, 5.74) is 0.636. The Morgan fingerprint density at radius 1 is 1.12 bits per heavy atom. The number of nitrogens with one attached hydrogen (secondary N) is 2. The van der Waals surface area contributed by atoms with Gasteiger partial charge in [-0.05, 0) is 30.7 Å². The van der Waals surface area contributed by atoms with Gasteiger partial charge in [0.25, 0.3) is 5.69 Å². The molecule has 0 fully saturated rings. The summed E-state index contributed by atoms with van der Waals surface area (Å²) in [6, 6.07) is 8.84. The number of carbonyl (C=O) groups is 1. The SMILES string of the molecule is O=C(CCCNc1ccc([N+](=O)[O-])cc1)Nc1ccc(F)cc1F. The predicted octanol–water partition coefficient (Wildman–Crippen LogP) is 3.70. The molecule has 0 spiro atoms. The van der Waals surface area contributed by atoms with Gasteiger partial charge in [-0.3, -0.25) is 14.9 Å². The number of hydrogen-bond acceptors (Lipinski definition) is 4. The minimum absolute atomic E-state index is 0.00116. The fourth-order valence-corrected chi connectivity index (χ4v) is 1.99. The number of hydrogen-bond donors (Lipinski definition) is 2. The number of non-ortho nitro benzene ring substituents is 1. The van der Waals surface area contributed by atoms with Gasteiger partial charge in [0.1, 0.15) is 11.6 Å². The molecule has 2 aromatic rings. The smallest absolute Gasteiger partial charge is 0.269 e. The molecule has 0 unspecified atom stereocenters. The van der Waals surface area contributed by atoms with Crippen molar-refractivity contribution in [1.29, 1.82) is 0 Å². The fraction of sp³-hybridized carbons (Fsp3) is 0.188. The van der Waals surface area contributed by atoms with E-state index < -0.39 is 16.6 Å². The van der Waals surface area contributed by atoms with Gasteiger partial charge in [-0.2, -0.15) is 0 Å². The first-order valence-corrected chi connectivity index (χ1v) is 7.19. The zero-order valence-corrected chi connectivity index (χ0v) is 12.6. The maximum absolute atomic E-state index is 13.4. The molecule has 8 heteroatoms. The van der Waals surface area contributed by atoms with Gasteiger partial charge in [-0.15, -0.1) is 0 Å². The minimum atomic E-state index is -0.827. The molecule has 0 atom stereocenters. The molecule has 0 radical (unpaired) electrons. The minimum Gasteiger partial charge on any atom is -0.385 e. The summed E-state index contributed by atoms with van der Waals surface area (Å²) in [4.78, 5) is 21.8. The number of halogens is 2. The molecular weight excluding hydrogens is 320 g/mol. The van der Waals surface area contributed by atoms with Crippen molar-refractivity contribution in [2.24, 2.45) is 0 Å². The largest absolute Gasteiger partial charge is 0.385 e. The lowest BCUT2D eigenvalue weighted by Crippen LogP contribution is -2.14. The van der Waals surface area contributed by atoms with Crippen LogP contribution in [0.4, 0.5) is 25.8 Å². The summed E-state index contributed by atoms with van der Waals surface area (Å²) in [6.45, 7) is 0.469. The molecule has 0 heterocycles. The second-order valence-corrected chi connectivity index (χ2v) is 5.01. The Morgan fingerprint density at radius 2 is 1.83 bits per heavy atom. The van der Waals surface area contributed by atoms with Crippen molar-refractivity contribution < 1.29 is 18.5 Å². The van der Waals surface area contributed by atoms with Crippen molar-refractivity contribution in [3.05, 3.63) is 64.2 Å². The lowest BCUT2D eigenvalue weighted by atomic mass is 10.2. The maximum atomic E-state index is 13.4. The zero-order valence-electron chi connectivity index (χ0n) is 12.6. The number of nitro groups is 1. The van der Waals surface area contributed by atoms with E-state index in [1.807, 2.05) is 0 Å². The molecule has 0 aliphatic heterocycles. The van der Waals surface area contributed by atoms with E-state index in [-0.39, 0.29) is 23.7 Å². The number of rotatable bonds is 7. The molecule has 0 aliphatic carbocycles. The number of carbonyl (C=O) groups excluding carboxylic acids is 1. The number of nitrogens with zero attached hydrogens (tertiary/aromatic N) is 1. The topological polar surface area (TPSA) is 84.3 Å². The molecular formula is C16H15F2N3O3. The summed E-state index contributed by atoms with van der Waals surface area (Å²) < 4.78 is 26.2. The summed E-state index contributed by atoms with van der Waals surface area (Å²) >= 11 is 0. The van der Waals surface area contributed by atoms with E-state index in [0.717, 1.165) is 12.1 Å². The normalized spacial score (nSPS) is 10.2. The first kappa shape index (κ1) is 17.3. The number of amides is 1. The molecule has 0 saturated heterocycles. The second-order valence-electron chi connectivity index (χ2n) is 5.01. The van der Waals surface area contributed by atoms with E-state index in [4.69, 9.17) is 0 Å². The van der Waals surface area contributed by atoms with Gasteiger partial charge in [0.05, 0.1) is 10.6 Å². The highest BCUT2D eigenvalue weighted by atomic mass is 19.1. The van der Waals surface area contributed by atoms with Crippen molar-refractivity contribution in [2.45, 2.75) is 12.8 Å². The van der Waals surface area contributed by atoms with Crippen molar-refractivity contribution in [2.75, 3.05) is 17.2 Å². The van der Waals surface area contributed by atoms with Crippen LogP contribution in [0.15, 0.2) is 42.5 Å². The van der Waals surface area contributed by atoms with Crippen LogP contribution in [0.2, 0.25) is 0 Å². The maximum Gasteiger partial charge on any atom is 0.269 e. The third kappa shape index (κ3) is 5.01. The van der Waals surface area contributed by atoms with E-state index in [9.17, 15) is 23.7 Å². The van der Waals surface area contributed by atoms with Gasteiger partial charge in [0, 0.05) is 36.9 Å². The van der Waals surface area contributed by atoms with Gasteiger partial charge in [-0.1, -0.05) is 0 Å². The van der Waals surface area contributed by atoms with E-state index in [1.165, 1.54) is 12.1 Å². The van der Waals surface area contributed by atoms with Crippen molar-refractivity contribution in [3.63, 3.8) is 0 Å². The van der Waals surface area contributed by atoms with Crippen LogP contribution < -0.4 is 10.6 Å². The molecule has 6 nitrogen and oxygen atoms in total. The van der Waals surface area contributed by atoms with Crippen LogP contribution in [0.25, 0.3) is 0 Å². The summed E-state index contributed by atoms with van der Waals surface area (Å²) in [5, 5.41) is 15.9. The van der Waals surface area contributed by atoms with Crippen LogP contribution in [-0.2, 0) is 4.79 Å². The quantitative estimate of drug-likeness (QED) is 0.459. The Bertz CT molecular complexity index is 736. The highest BCUT2D eigenvalue weighted by Gasteiger charge is 2.08. The first-order valence-electron chi connectivity index (χ1n) is 7.19. The van der Waals surface area contributed by atoms with Crippen molar-refractivity contribution in [1.82, 2.24) is 0 Å². The Labute approximate surface area is 136 Å². The standard InChI is InChI=1S/C16H15F2N3O3/c17-11-3-8-15(14(18)10-11)20-16(22)2-1-9-19-12-4-6-13(7-5-12)21(23)24/h3-8,10,19H,1-2,9H2,(H,20,22). The lowest BCUT2D eigenvalue weighted by molar-refractivity contribution is -0.384. The molecule has 0 saturated carbocycles. The highest BCUT2D eigenvalue weighted by molar-refractivity contribution is 5.90. The highest BCUT2D eigenvalue weighted by Crippen LogP contribution is 2.16. The molecule has 2 rings (SSSR count). The Hall–Kier alpha value is -3.03. The molecule has 24 heavy (non-hydrogen) atoms. The molecule has 2 aromatic carbocycles. The summed E-state index contributed by atoms with van der Waals surface area (Å²) in [6.07, 6.45) is 0.627. The van der Waals surface area contributed by atoms with Crippen molar-refractivity contribution in [3.8, 4) is 0 Å². The summed E-state index contributed by atoms with van der Waals surface area (Å²) in [7, 11) is 0. The van der Waals surface area contributed by atoms with Crippen LogP contribution in [0, 0.1) is 21.7 Å². The second kappa shape index (κ2) is 8.00. The predicted molar refractivity (Wildman–Crippen MR) is 85.8 cm³/mol. The molecule has 126 valence electrons. The average Bonchev–Trinajstić information content (AvgIpc) is 2.55. The van der Waals surface area contributed by atoms with E-state index >= 15 is 0 Å². The molecule has 1 amide bonds. The molecule has 2 N–H and O–H groups in total. The van der Waals surface area contributed by atoms with Crippen LogP contribution in [0.1, 0.15) is 12.8 Å². The molecule has 0 aliphatic rings. The number of nitro benzene ring substituents is 1. The first-order chi connectivity index (χ1) is 11.5. The monoisotopic (exact) mass is 335 g/mol. The molecule has 0 bridgehead atoms. The van der Waals surface area contributed by atoms with Gasteiger partial charge < -0.3 is 10.6 Å². The van der Waals surface area contributed by atoms with Crippen LogP contribution in [-0.4, -0.2) is 17.4 Å². The van der Waals surface area contributed by atoms with Gasteiger partial charge >= 0.3 is 0 Å². The van der Waals surface area contributed by atoms with Crippen LogP contribution >= 0.6 is 0 Å². The fourth-order valence-electron chi connectivity index (χ4n) is 1.99. The number of anilines is 2. The van der Waals surface area contributed by atoms with Crippen LogP contribution in [0.5, 0.6) is 0 Å². The average molecular weight is 335 g/mol. The lowest BCUT2D eigenvalue weighted by Gasteiger charge is -2.08. The van der Waals surface area contributed by atoms with E-state index in [1.54, 1.807) is 12.1 Å². The van der Waals surface area contributed by atoms with E-state index in [2.05, 4.69) is 10.6 Å². The third-order valence-corrected chi connectivity index (χ3v) is 3.19. The Kier molecular flexibility index (Phi) is 5.78. The zero-order chi connectivity index (χ0) is 17.5.